The van der Waals surface area contributed by atoms with E-state index in [0.717, 1.165) is 0 Å². The molecule has 0 aromatic carbocycles. The predicted molar refractivity (Wildman–Crippen MR) is 48.4 cm³/mol. The van der Waals surface area contributed by atoms with Crippen molar-refractivity contribution in [2.75, 3.05) is 19.4 Å². The molecule has 0 aliphatic heterocycles. The predicted octanol–water partition coefficient (Wildman–Crippen LogP) is 0.182. The number of aliphatic hydroxyl groups excluding tert-OH is 1. The van der Waals surface area contributed by atoms with Gasteiger partial charge in [0.05, 0.1) is 6.10 Å². The van der Waals surface area contributed by atoms with Gasteiger partial charge >= 0.3 is 0 Å². The van der Waals surface area contributed by atoms with Crippen LogP contribution in [-0.2, 0) is 4.79 Å². The highest BCUT2D eigenvalue weighted by molar-refractivity contribution is 7.38. The number of nitrogens with one attached hydrogen (secondary N) is 1. The molecule has 0 rings (SSSR count). The summed E-state index contributed by atoms with van der Waals surface area (Å²) in [5, 5.41) is 11.7. The molecule has 3 nitrogen and oxygen atoms in total. The van der Waals surface area contributed by atoms with Crippen molar-refractivity contribution in [2.24, 2.45) is 0 Å². The summed E-state index contributed by atoms with van der Waals surface area (Å²) < 4.78 is 0. The number of rotatable bonds is 5. The molecule has 0 heterocycles. The maximum atomic E-state index is 10.8. The number of carbonyl (C=O) groups is 1. The molecule has 0 aromatic rings. The molecule has 1 amide bonds. The summed E-state index contributed by atoms with van der Waals surface area (Å²) in [5.41, 5.74) is 0. The number of carbonyl (C=O) groups excluding carboxylic acids is 1. The Hall–Kier alpha value is -0.140. The highest BCUT2D eigenvalue weighted by atomic mass is 31.1. The second kappa shape index (κ2) is 6.56. The average molecular weight is 177 g/mol. The minimum Gasteiger partial charge on any atom is -0.391 e. The molecule has 11 heavy (non-hydrogen) atoms. The molecule has 2 unspecified atom stereocenters. The highest BCUT2D eigenvalue weighted by Crippen LogP contribution is 1.99. The SMILES string of the molecule is CCC(O)CNC(=O)CPC. The van der Waals surface area contributed by atoms with E-state index in [9.17, 15) is 4.79 Å². The van der Waals surface area contributed by atoms with Gasteiger partial charge in [-0.3, -0.25) is 4.79 Å². The van der Waals surface area contributed by atoms with E-state index in [0.29, 0.717) is 27.7 Å². The van der Waals surface area contributed by atoms with Crippen LogP contribution in [0.3, 0.4) is 0 Å². The van der Waals surface area contributed by atoms with Gasteiger partial charge in [0.2, 0.25) is 5.91 Å². The van der Waals surface area contributed by atoms with Gasteiger partial charge in [-0.2, -0.15) is 0 Å². The monoisotopic (exact) mass is 177 g/mol. The summed E-state index contributed by atoms with van der Waals surface area (Å²) in [6, 6.07) is 0. The van der Waals surface area contributed by atoms with Gasteiger partial charge in [-0.25, -0.2) is 0 Å². The lowest BCUT2D eigenvalue weighted by Crippen LogP contribution is -2.32. The molecule has 0 aliphatic rings. The van der Waals surface area contributed by atoms with Crippen molar-refractivity contribution in [3.63, 3.8) is 0 Å². The number of aliphatic hydroxyl groups is 1. The maximum Gasteiger partial charge on any atom is 0.224 e. The summed E-state index contributed by atoms with van der Waals surface area (Å²) in [6.45, 7) is 4.26. The molecule has 2 N–H and O–H groups in total. The fourth-order valence-corrected chi connectivity index (χ4v) is 1.05. The zero-order chi connectivity index (χ0) is 8.69. The molecule has 2 atom stereocenters. The van der Waals surface area contributed by atoms with Crippen molar-refractivity contribution < 1.29 is 9.90 Å². The van der Waals surface area contributed by atoms with Crippen LogP contribution >= 0.6 is 8.58 Å². The molecule has 0 saturated carbocycles. The normalized spacial score (nSPS) is 13.7. The van der Waals surface area contributed by atoms with Crippen LogP contribution in [0.5, 0.6) is 0 Å². The van der Waals surface area contributed by atoms with E-state index in [-0.39, 0.29) is 12.0 Å². The first-order valence-electron chi connectivity index (χ1n) is 3.80. The lowest BCUT2D eigenvalue weighted by Gasteiger charge is -2.08. The Morgan fingerprint density at radius 2 is 2.36 bits per heavy atom. The van der Waals surface area contributed by atoms with Crippen molar-refractivity contribution >= 4 is 14.5 Å². The molecular weight excluding hydrogens is 161 g/mol. The Labute approximate surface area is 69.3 Å². The standard InChI is InChI=1S/C7H16NO2P/c1-3-6(9)4-8-7(10)5-11-2/h6,9,11H,3-5H2,1-2H3,(H,8,10). The van der Waals surface area contributed by atoms with E-state index < -0.39 is 0 Å². The molecule has 4 heteroatoms. The Kier molecular flexibility index (Phi) is 6.48. The van der Waals surface area contributed by atoms with Gasteiger partial charge in [0.15, 0.2) is 0 Å². The first kappa shape index (κ1) is 10.9. The third-order valence-electron chi connectivity index (χ3n) is 1.34. The fraction of sp³-hybridized carbons (Fsp3) is 0.857. The number of hydrogen-bond acceptors (Lipinski definition) is 2. The smallest absolute Gasteiger partial charge is 0.224 e. The van der Waals surface area contributed by atoms with Gasteiger partial charge in [-0.05, 0) is 13.1 Å². The average Bonchev–Trinajstić information content (AvgIpc) is 2.01. The fourth-order valence-electron chi connectivity index (χ4n) is 0.599. The quantitative estimate of drug-likeness (QED) is 0.588. The van der Waals surface area contributed by atoms with Crippen LogP contribution in [-0.4, -0.2) is 36.5 Å². The van der Waals surface area contributed by atoms with Crippen LogP contribution in [0, 0.1) is 0 Å². The Bertz CT molecular complexity index is 119. The second-order valence-corrected chi connectivity index (χ2v) is 3.46. The topological polar surface area (TPSA) is 49.3 Å². The minimum absolute atomic E-state index is 0.0401. The minimum atomic E-state index is -0.390. The Balaban J connectivity index is 3.30. The first-order valence-corrected chi connectivity index (χ1v) is 5.50. The van der Waals surface area contributed by atoms with Gasteiger partial charge in [-0.15, -0.1) is 8.58 Å². The Morgan fingerprint density at radius 1 is 1.73 bits per heavy atom. The van der Waals surface area contributed by atoms with Gasteiger partial charge < -0.3 is 10.4 Å². The highest BCUT2D eigenvalue weighted by Gasteiger charge is 2.02. The van der Waals surface area contributed by atoms with Crippen molar-refractivity contribution in [3.8, 4) is 0 Å². The van der Waals surface area contributed by atoms with E-state index in [1.165, 1.54) is 0 Å². The van der Waals surface area contributed by atoms with E-state index in [1.807, 2.05) is 13.6 Å². The summed E-state index contributed by atoms with van der Waals surface area (Å²) in [5.74, 6) is 0.0401. The largest absolute Gasteiger partial charge is 0.391 e. The van der Waals surface area contributed by atoms with Crippen molar-refractivity contribution in [3.05, 3.63) is 0 Å². The van der Waals surface area contributed by atoms with Gasteiger partial charge in [0.25, 0.3) is 0 Å². The van der Waals surface area contributed by atoms with E-state index in [4.69, 9.17) is 5.11 Å². The zero-order valence-electron chi connectivity index (χ0n) is 7.05. The summed E-state index contributed by atoms with van der Waals surface area (Å²) in [6.07, 6.45) is 0.879. The third-order valence-corrected chi connectivity index (χ3v) is 2.02. The summed E-state index contributed by atoms with van der Waals surface area (Å²) in [7, 11) is 0.649. The number of hydrogen-bond donors (Lipinski definition) is 2. The van der Waals surface area contributed by atoms with Crippen molar-refractivity contribution in [1.29, 1.82) is 0 Å². The third kappa shape index (κ3) is 6.27. The van der Waals surface area contributed by atoms with Crippen LogP contribution in [0.1, 0.15) is 13.3 Å². The van der Waals surface area contributed by atoms with E-state index >= 15 is 0 Å². The Morgan fingerprint density at radius 3 is 2.82 bits per heavy atom. The van der Waals surface area contributed by atoms with Crippen molar-refractivity contribution in [1.82, 2.24) is 5.32 Å². The van der Waals surface area contributed by atoms with Crippen LogP contribution in [0.15, 0.2) is 0 Å². The maximum absolute atomic E-state index is 10.8. The molecular formula is C7H16NO2P. The number of amides is 1. The second-order valence-electron chi connectivity index (χ2n) is 2.40. The molecule has 0 saturated heterocycles. The van der Waals surface area contributed by atoms with Crippen LogP contribution in [0.4, 0.5) is 0 Å². The first-order chi connectivity index (χ1) is 5.20. The van der Waals surface area contributed by atoms with Gasteiger partial charge in [0.1, 0.15) is 0 Å². The van der Waals surface area contributed by atoms with Gasteiger partial charge in [0, 0.05) is 12.7 Å². The molecule has 0 fully saturated rings. The van der Waals surface area contributed by atoms with E-state index in [2.05, 4.69) is 5.32 Å². The van der Waals surface area contributed by atoms with Crippen LogP contribution in [0.25, 0.3) is 0 Å². The van der Waals surface area contributed by atoms with Crippen molar-refractivity contribution in [2.45, 2.75) is 19.4 Å². The van der Waals surface area contributed by atoms with E-state index in [1.54, 1.807) is 0 Å². The molecule has 66 valence electrons. The lowest BCUT2D eigenvalue weighted by molar-refractivity contribution is -0.119. The molecule has 0 aliphatic carbocycles. The molecule has 0 radical (unpaired) electrons. The van der Waals surface area contributed by atoms with Crippen LogP contribution < -0.4 is 5.32 Å². The van der Waals surface area contributed by atoms with Gasteiger partial charge in [-0.1, -0.05) is 6.92 Å². The zero-order valence-corrected chi connectivity index (χ0v) is 8.05. The molecule has 0 aromatic heterocycles. The summed E-state index contributed by atoms with van der Waals surface area (Å²) >= 11 is 0. The molecule has 0 bridgehead atoms. The lowest BCUT2D eigenvalue weighted by atomic mass is 10.3. The molecule has 0 spiro atoms. The van der Waals surface area contributed by atoms with Crippen LogP contribution in [0.2, 0.25) is 0 Å². The summed E-state index contributed by atoms with van der Waals surface area (Å²) in [4.78, 5) is 10.8.